The third-order valence-electron chi connectivity index (χ3n) is 4.20. The number of carbonyl (C=O) groups excluding carboxylic acids is 1. The smallest absolute Gasteiger partial charge is 0.302 e. The van der Waals surface area contributed by atoms with E-state index in [1.165, 1.54) is 68.6 Å². The van der Waals surface area contributed by atoms with Crippen LogP contribution in [0.2, 0.25) is 0 Å². The van der Waals surface area contributed by atoms with Gasteiger partial charge in [-0.3, -0.25) is 4.79 Å². The second-order valence-electron chi connectivity index (χ2n) is 6.59. The molecule has 0 amide bonds. The van der Waals surface area contributed by atoms with Crippen LogP contribution in [0.5, 0.6) is 0 Å². The molecule has 134 valence electrons. The molecule has 0 aromatic heterocycles. The van der Waals surface area contributed by atoms with Gasteiger partial charge in [0, 0.05) is 6.92 Å². The quantitative estimate of drug-likeness (QED) is 0.330. The summed E-state index contributed by atoms with van der Waals surface area (Å²) in [6.07, 6.45) is 13.4. The van der Waals surface area contributed by atoms with E-state index in [1.807, 2.05) is 0 Å². The van der Waals surface area contributed by atoms with Gasteiger partial charge in [-0.1, -0.05) is 82.7 Å². The van der Waals surface area contributed by atoms with E-state index in [2.05, 4.69) is 44.2 Å². The Hall–Kier alpha value is -1.57. The van der Waals surface area contributed by atoms with Gasteiger partial charge in [-0.2, -0.15) is 0 Å². The Morgan fingerprint density at radius 3 is 2.25 bits per heavy atom. The zero-order valence-electron chi connectivity index (χ0n) is 15.8. The summed E-state index contributed by atoms with van der Waals surface area (Å²) in [6.45, 7) is 6.27. The molecule has 2 nitrogen and oxygen atoms in total. The van der Waals surface area contributed by atoms with Crippen molar-refractivity contribution in [2.75, 3.05) is 6.61 Å². The van der Waals surface area contributed by atoms with Crippen LogP contribution < -0.4 is 0 Å². The molecule has 0 bridgehead atoms. The molecule has 0 saturated carbocycles. The Balaban J connectivity index is 2.46. The van der Waals surface area contributed by atoms with Crippen LogP contribution in [0, 0.1) is 0 Å². The molecular formula is C22H34O2. The normalized spacial score (nSPS) is 11.5. The number of carbonyl (C=O) groups is 1. The van der Waals surface area contributed by atoms with Gasteiger partial charge in [-0.25, -0.2) is 0 Å². The van der Waals surface area contributed by atoms with E-state index >= 15 is 0 Å². The lowest BCUT2D eigenvalue weighted by atomic mass is 10.0. The SMILES string of the molecule is CCCCCCCCc1ccc(C=C(CCC)COC(C)=O)cc1. The van der Waals surface area contributed by atoms with Gasteiger partial charge in [0.25, 0.3) is 0 Å². The lowest BCUT2D eigenvalue weighted by Gasteiger charge is -2.07. The van der Waals surface area contributed by atoms with Crippen molar-refractivity contribution in [3.63, 3.8) is 0 Å². The fraction of sp³-hybridized carbons (Fsp3) is 0.591. The Morgan fingerprint density at radius 2 is 1.62 bits per heavy atom. The first-order chi connectivity index (χ1) is 11.7. The summed E-state index contributed by atoms with van der Waals surface area (Å²) < 4.78 is 5.14. The van der Waals surface area contributed by atoms with E-state index < -0.39 is 0 Å². The standard InChI is InChI=1S/C22H34O2/c1-4-6-7-8-9-10-12-20-13-15-21(16-14-20)17-22(11-5-2)18-24-19(3)23/h13-17H,4-12,18H2,1-3H3. The third-order valence-corrected chi connectivity index (χ3v) is 4.20. The molecule has 0 aliphatic rings. The fourth-order valence-electron chi connectivity index (χ4n) is 2.83. The second-order valence-corrected chi connectivity index (χ2v) is 6.59. The topological polar surface area (TPSA) is 26.3 Å². The molecule has 0 aliphatic heterocycles. The van der Waals surface area contributed by atoms with Crippen LogP contribution in [0.4, 0.5) is 0 Å². The largest absolute Gasteiger partial charge is 0.461 e. The second kappa shape index (κ2) is 12.8. The minimum absolute atomic E-state index is 0.216. The molecule has 0 radical (unpaired) electrons. The number of aryl methyl sites for hydroxylation is 1. The molecule has 2 heteroatoms. The molecule has 0 atom stereocenters. The van der Waals surface area contributed by atoms with Gasteiger partial charge in [0.2, 0.25) is 0 Å². The summed E-state index contributed by atoms with van der Waals surface area (Å²) in [5.41, 5.74) is 3.79. The van der Waals surface area contributed by atoms with Crippen molar-refractivity contribution >= 4 is 12.0 Å². The number of esters is 1. The fourth-order valence-corrected chi connectivity index (χ4v) is 2.83. The molecular weight excluding hydrogens is 296 g/mol. The number of rotatable bonds is 12. The summed E-state index contributed by atoms with van der Waals surface area (Å²) in [5.74, 6) is -0.216. The first-order valence-corrected chi connectivity index (χ1v) is 9.57. The van der Waals surface area contributed by atoms with Gasteiger partial charge in [0.15, 0.2) is 0 Å². The van der Waals surface area contributed by atoms with E-state index in [4.69, 9.17) is 4.74 Å². The third kappa shape index (κ3) is 9.54. The first kappa shape index (κ1) is 20.5. The van der Waals surface area contributed by atoms with Crippen LogP contribution in [-0.2, 0) is 16.0 Å². The van der Waals surface area contributed by atoms with Crippen molar-refractivity contribution in [2.24, 2.45) is 0 Å². The molecule has 1 rings (SSSR count). The lowest BCUT2D eigenvalue weighted by molar-refractivity contribution is -0.140. The predicted octanol–water partition coefficient (Wildman–Crippen LogP) is 6.34. The van der Waals surface area contributed by atoms with Gasteiger partial charge in [-0.15, -0.1) is 0 Å². The molecule has 1 aromatic rings. The van der Waals surface area contributed by atoms with Crippen LogP contribution in [-0.4, -0.2) is 12.6 Å². The number of hydrogen-bond donors (Lipinski definition) is 0. The van der Waals surface area contributed by atoms with Gasteiger partial charge in [0.1, 0.15) is 6.61 Å². The average molecular weight is 331 g/mol. The van der Waals surface area contributed by atoms with Crippen molar-refractivity contribution < 1.29 is 9.53 Å². The molecule has 0 unspecified atom stereocenters. The molecule has 0 fully saturated rings. The van der Waals surface area contributed by atoms with Gasteiger partial charge in [-0.05, 0) is 36.0 Å². The molecule has 24 heavy (non-hydrogen) atoms. The highest BCUT2D eigenvalue weighted by atomic mass is 16.5. The molecule has 0 spiro atoms. The Labute approximate surface area is 148 Å². The van der Waals surface area contributed by atoms with Crippen molar-refractivity contribution in [1.29, 1.82) is 0 Å². The number of ether oxygens (including phenoxy) is 1. The van der Waals surface area contributed by atoms with Gasteiger partial charge >= 0.3 is 5.97 Å². The van der Waals surface area contributed by atoms with Crippen molar-refractivity contribution in [3.8, 4) is 0 Å². The van der Waals surface area contributed by atoms with Crippen LogP contribution >= 0.6 is 0 Å². The number of benzene rings is 1. The zero-order valence-corrected chi connectivity index (χ0v) is 15.8. The van der Waals surface area contributed by atoms with E-state index in [0.717, 1.165) is 12.8 Å². The van der Waals surface area contributed by atoms with E-state index in [1.54, 1.807) is 0 Å². The first-order valence-electron chi connectivity index (χ1n) is 9.57. The molecule has 0 aliphatic carbocycles. The van der Waals surface area contributed by atoms with Crippen molar-refractivity contribution in [2.45, 2.75) is 78.6 Å². The maximum absolute atomic E-state index is 11.0. The predicted molar refractivity (Wildman–Crippen MR) is 103 cm³/mol. The Morgan fingerprint density at radius 1 is 0.958 bits per heavy atom. The Kier molecular flexibility index (Phi) is 10.9. The lowest BCUT2D eigenvalue weighted by Crippen LogP contribution is -2.03. The minimum atomic E-state index is -0.216. The van der Waals surface area contributed by atoms with E-state index in [0.29, 0.717) is 6.61 Å². The molecule has 0 saturated heterocycles. The summed E-state index contributed by atoms with van der Waals surface area (Å²) in [5, 5.41) is 0. The highest BCUT2D eigenvalue weighted by molar-refractivity contribution is 5.66. The van der Waals surface area contributed by atoms with Crippen LogP contribution in [0.25, 0.3) is 6.08 Å². The average Bonchev–Trinajstić information content (AvgIpc) is 2.57. The van der Waals surface area contributed by atoms with Crippen LogP contribution in [0.1, 0.15) is 83.3 Å². The maximum Gasteiger partial charge on any atom is 0.302 e. The summed E-state index contributed by atoms with van der Waals surface area (Å²) >= 11 is 0. The van der Waals surface area contributed by atoms with Crippen LogP contribution in [0.3, 0.4) is 0 Å². The van der Waals surface area contributed by atoms with Gasteiger partial charge in [0.05, 0.1) is 0 Å². The van der Waals surface area contributed by atoms with Gasteiger partial charge < -0.3 is 4.74 Å². The van der Waals surface area contributed by atoms with Crippen molar-refractivity contribution in [1.82, 2.24) is 0 Å². The number of hydrogen-bond acceptors (Lipinski definition) is 2. The van der Waals surface area contributed by atoms with E-state index in [9.17, 15) is 4.79 Å². The van der Waals surface area contributed by atoms with Crippen LogP contribution in [0.15, 0.2) is 29.8 Å². The minimum Gasteiger partial charge on any atom is -0.461 e. The Bertz CT molecular complexity index is 485. The molecule has 0 heterocycles. The van der Waals surface area contributed by atoms with Crippen molar-refractivity contribution in [3.05, 3.63) is 41.0 Å². The zero-order chi connectivity index (χ0) is 17.6. The summed E-state index contributed by atoms with van der Waals surface area (Å²) in [6, 6.07) is 8.81. The van der Waals surface area contributed by atoms with E-state index in [-0.39, 0.29) is 5.97 Å². The highest BCUT2D eigenvalue weighted by Gasteiger charge is 2.01. The summed E-state index contributed by atoms with van der Waals surface area (Å²) in [4.78, 5) is 11.0. The highest BCUT2D eigenvalue weighted by Crippen LogP contribution is 2.15. The summed E-state index contributed by atoms with van der Waals surface area (Å²) in [7, 11) is 0. The maximum atomic E-state index is 11.0. The molecule has 0 N–H and O–H groups in total. The molecule has 1 aromatic carbocycles. The monoisotopic (exact) mass is 330 g/mol. The number of unbranched alkanes of at least 4 members (excludes halogenated alkanes) is 5.